The summed E-state index contributed by atoms with van der Waals surface area (Å²) < 4.78 is 0. The number of nitrogens with one attached hydrogen (secondary N) is 1. The summed E-state index contributed by atoms with van der Waals surface area (Å²) in [5.41, 5.74) is 6.17. The van der Waals surface area contributed by atoms with Crippen LogP contribution in [-0.4, -0.2) is 16.4 Å². The van der Waals surface area contributed by atoms with Crippen molar-refractivity contribution in [2.45, 2.75) is 39.2 Å². The number of carbonyl (C=O) groups is 1. The van der Waals surface area contributed by atoms with Gasteiger partial charge in [0.25, 0.3) is 5.91 Å². The molecule has 2 rings (SSSR count). The Morgan fingerprint density at radius 3 is 2.62 bits per heavy atom. The minimum Gasteiger partial charge on any atom is -0.375 e. The van der Waals surface area contributed by atoms with Gasteiger partial charge in [-0.1, -0.05) is 11.3 Å². The van der Waals surface area contributed by atoms with Crippen LogP contribution in [0, 0.1) is 12.8 Å². The van der Waals surface area contributed by atoms with E-state index in [1.165, 1.54) is 24.2 Å². The van der Waals surface area contributed by atoms with Crippen molar-refractivity contribution in [1.82, 2.24) is 10.3 Å². The summed E-state index contributed by atoms with van der Waals surface area (Å²) in [6.07, 6.45) is 2.41. The third kappa shape index (κ3) is 2.19. The average molecular weight is 239 g/mol. The van der Waals surface area contributed by atoms with Crippen LogP contribution in [0.4, 0.5) is 5.13 Å². The zero-order valence-corrected chi connectivity index (χ0v) is 10.6. The van der Waals surface area contributed by atoms with Crippen LogP contribution < -0.4 is 11.1 Å². The molecule has 0 spiro atoms. The van der Waals surface area contributed by atoms with Crippen molar-refractivity contribution in [1.29, 1.82) is 0 Å². The molecule has 1 heterocycles. The van der Waals surface area contributed by atoms with Crippen molar-refractivity contribution in [3.8, 4) is 0 Å². The van der Waals surface area contributed by atoms with E-state index in [0.717, 1.165) is 0 Å². The fraction of sp³-hybridized carbons (Fsp3) is 0.636. The number of amides is 1. The molecule has 1 aliphatic carbocycles. The van der Waals surface area contributed by atoms with Crippen molar-refractivity contribution >= 4 is 22.4 Å². The highest BCUT2D eigenvalue weighted by Gasteiger charge is 2.39. The van der Waals surface area contributed by atoms with Gasteiger partial charge in [0.05, 0.1) is 5.69 Å². The number of rotatable bonds is 3. The molecule has 0 bridgehead atoms. The number of anilines is 1. The summed E-state index contributed by atoms with van der Waals surface area (Å²) in [6, 6.07) is 0. The molecule has 0 aliphatic heterocycles. The van der Waals surface area contributed by atoms with Gasteiger partial charge in [-0.3, -0.25) is 4.79 Å². The lowest BCUT2D eigenvalue weighted by molar-refractivity contribution is 0.0907. The molecule has 0 unspecified atom stereocenters. The van der Waals surface area contributed by atoms with Crippen molar-refractivity contribution in [2.24, 2.45) is 5.92 Å². The first-order valence-corrected chi connectivity index (χ1v) is 6.27. The van der Waals surface area contributed by atoms with E-state index in [1.54, 1.807) is 0 Å². The Morgan fingerprint density at radius 2 is 2.19 bits per heavy atom. The molecule has 1 saturated carbocycles. The number of hydrogen-bond acceptors (Lipinski definition) is 4. The highest BCUT2D eigenvalue weighted by Crippen LogP contribution is 2.39. The number of thiazole rings is 1. The molecule has 0 atom stereocenters. The molecular formula is C11H17N3OS. The lowest BCUT2D eigenvalue weighted by Gasteiger charge is -2.25. The fourth-order valence-electron chi connectivity index (χ4n) is 1.88. The zero-order chi connectivity index (χ0) is 11.9. The Bertz CT molecular complexity index is 421. The Morgan fingerprint density at radius 1 is 1.56 bits per heavy atom. The summed E-state index contributed by atoms with van der Waals surface area (Å²) in [4.78, 5) is 16.7. The molecule has 0 aromatic carbocycles. The second-order valence-electron chi connectivity index (χ2n) is 4.92. The highest BCUT2D eigenvalue weighted by atomic mass is 32.1. The first kappa shape index (κ1) is 11.4. The number of nitrogen functional groups attached to an aromatic ring is 1. The van der Waals surface area contributed by atoms with Crippen LogP contribution in [0.5, 0.6) is 0 Å². The Balaban J connectivity index is 2.11. The molecule has 1 fully saturated rings. The molecule has 0 saturated heterocycles. The lowest BCUT2D eigenvalue weighted by Crippen LogP contribution is -2.45. The first-order chi connectivity index (χ1) is 7.40. The van der Waals surface area contributed by atoms with Crippen molar-refractivity contribution in [3.63, 3.8) is 0 Å². The van der Waals surface area contributed by atoms with Crippen LogP contribution in [-0.2, 0) is 0 Å². The topological polar surface area (TPSA) is 68.0 Å². The zero-order valence-electron chi connectivity index (χ0n) is 9.83. The molecule has 3 N–H and O–H groups in total. The normalized spacial score (nSPS) is 16.2. The molecule has 1 aliphatic rings. The number of nitrogens with zero attached hydrogens (tertiary/aromatic N) is 1. The van der Waals surface area contributed by atoms with E-state index < -0.39 is 0 Å². The molecule has 88 valence electrons. The quantitative estimate of drug-likeness (QED) is 0.847. The van der Waals surface area contributed by atoms with E-state index in [9.17, 15) is 4.79 Å². The Hall–Kier alpha value is -1.10. The molecule has 1 amide bonds. The summed E-state index contributed by atoms with van der Waals surface area (Å²) in [5.74, 6) is 0.561. The smallest absolute Gasteiger partial charge is 0.263 e. The van der Waals surface area contributed by atoms with Gasteiger partial charge in [-0.2, -0.15) is 0 Å². The number of hydrogen-bond donors (Lipinski definition) is 2. The van der Waals surface area contributed by atoms with Gasteiger partial charge in [0, 0.05) is 5.54 Å². The summed E-state index contributed by atoms with van der Waals surface area (Å²) >= 11 is 1.25. The van der Waals surface area contributed by atoms with Gasteiger partial charge in [0.2, 0.25) is 0 Å². The second kappa shape index (κ2) is 3.73. The molecule has 4 nitrogen and oxygen atoms in total. The third-order valence-corrected chi connectivity index (χ3v) is 4.04. The van der Waals surface area contributed by atoms with E-state index in [4.69, 9.17) is 5.73 Å². The number of aryl methyl sites for hydroxylation is 1. The van der Waals surface area contributed by atoms with Crippen LogP contribution in [0.1, 0.15) is 42.1 Å². The molecule has 1 aromatic heterocycles. The van der Waals surface area contributed by atoms with Crippen molar-refractivity contribution in [2.75, 3.05) is 5.73 Å². The van der Waals surface area contributed by atoms with Crippen LogP contribution in [0.3, 0.4) is 0 Å². The van der Waals surface area contributed by atoms with Gasteiger partial charge < -0.3 is 11.1 Å². The maximum absolute atomic E-state index is 12.0. The van der Waals surface area contributed by atoms with Gasteiger partial charge in [-0.15, -0.1) is 0 Å². The Kier molecular flexibility index (Phi) is 2.66. The van der Waals surface area contributed by atoms with Crippen LogP contribution in [0.25, 0.3) is 0 Å². The third-order valence-electron chi connectivity index (χ3n) is 3.05. The van der Waals surface area contributed by atoms with Crippen molar-refractivity contribution in [3.05, 3.63) is 10.6 Å². The predicted molar refractivity (Wildman–Crippen MR) is 65.5 cm³/mol. The maximum atomic E-state index is 12.0. The molecule has 16 heavy (non-hydrogen) atoms. The minimum absolute atomic E-state index is 0.0522. The summed E-state index contributed by atoms with van der Waals surface area (Å²) in [5, 5.41) is 3.52. The number of aromatic nitrogens is 1. The average Bonchev–Trinajstić information content (AvgIpc) is 2.92. The van der Waals surface area contributed by atoms with Gasteiger partial charge in [0.15, 0.2) is 5.13 Å². The SMILES string of the molecule is Cc1nc(N)sc1C(=O)NC(C)(C)C1CC1. The largest absolute Gasteiger partial charge is 0.375 e. The van der Waals surface area contributed by atoms with Gasteiger partial charge in [-0.05, 0) is 39.5 Å². The monoisotopic (exact) mass is 239 g/mol. The summed E-state index contributed by atoms with van der Waals surface area (Å²) in [6.45, 7) is 5.95. The summed E-state index contributed by atoms with van der Waals surface area (Å²) in [7, 11) is 0. The fourth-order valence-corrected chi connectivity index (χ4v) is 2.61. The predicted octanol–water partition coefficient (Wildman–Crippen LogP) is 1.95. The van der Waals surface area contributed by atoms with Crippen LogP contribution >= 0.6 is 11.3 Å². The molecule has 0 radical (unpaired) electrons. The maximum Gasteiger partial charge on any atom is 0.263 e. The van der Waals surface area contributed by atoms with Crippen LogP contribution in [0.2, 0.25) is 0 Å². The molecule has 5 heteroatoms. The van der Waals surface area contributed by atoms with E-state index in [-0.39, 0.29) is 11.4 Å². The number of nitrogens with two attached hydrogens (primary N) is 1. The van der Waals surface area contributed by atoms with Crippen LogP contribution in [0.15, 0.2) is 0 Å². The van der Waals surface area contributed by atoms with E-state index >= 15 is 0 Å². The van der Waals surface area contributed by atoms with E-state index in [1.807, 2.05) is 6.92 Å². The van der Waals surface area contributed by atoms with E-state index in [0.29, 0.717) is 21.6 Å². The van der Waals surface area contributed by atoms with Gasteiger partial charge in [-0.25, -0.2) is 4.98 Å². The van der Waals surface area contributed by atoms with Gasteiger partial charge >= 0.3 is 0 Å². The lowest BCUT2D eigenvalue weighted by atomic mass is 9.99. The molecular weight excluding hydrogens is 222 g/mol. The number of carbonyl (C=O) groups excluding carboxylic acids is 1. The Labute approximate surface area is 99.3 Å². The standard InChI is InChI=1S/C11H17N3OS/c1-6-8(16-10(12)13-6)9(15)14-11(2,3)7-4-5-7/h7H,4-5H2,1-3H3,(H2,12,13)(H,14,15). The first-order valence-electron chi connectivity index (χ1n) is 5.45. The van der Waals surface area contributed by atoms with E-state index in [2.05, 4.69) is 24.1 Å². The highest BCUT2D eigenvalue weighted by molar-refractivity contribution is 7.17. The minimum atomic E-state index is -0.123. The van der Waals surface area contributed by atoms with Crippen molar-refractivity contribution < 1.29 is 4.79 Å². The second-order valence-corrected chi connectivity index (χ2v) is 5.95. The van der Waals surface area contributed by atoms with Gasteiger partial charge in [0.1, 0.15) is 4.88 Å². The molecule has 1 aromatic rings.